The number of esters is 1. The Morgan fingerprint density at radius 3 is 2.10 bits per heavy atom. The Kier molecular flexibility index (Phi) is 8.19. The van der Waals surface area contributed by atoms with Gasteiger partial charge in [0.1, 0.15) is 23.0 Å². The molecule has 1 amide bonds. The standard InChI is InChI=1S/C32H33NO6/c1-20-24-16-17-27(21(2)28(24)38-29(34)25(20)18-22-12-8-6-9-13-22)37-30(35)26(19-23-14-10-7-11-15-23)33-31(36)39-32(3,4)5/h6-17,26H,18-19H2,1-5H3,(H,33,36). The molecule has 0 aliphatic rings. The summed E-state index contributed by atoms with van der Waals surface area (Å²) in [6, 6.07) is 21.5. The molecule has 0 spiro atoms. The van der Waals surface area contributed by atoms with Crippen LogP contribution in [0, 0.1) is 13.8 Å². The van der Waals surface area contributed by atoms with E-state index in [-0.39, 0.29) is 12.2 Å². The molecule has 0 saturated heterocycles. The summed E-state index contributed by atoms with van der Waals surface area (Å²) in [4.78, 5) is 38.8. The minimum atomic E-state index is -1.00. The largest absolute Gasteiger partial charge is 0.444 e. The number of aryl methyl sites for hydroxylation is 2. The molecule has 4 aromatic rings. The number of rotatable bonds is 7. The first kappa shape index (κ1) is 27.6. The average Bonchev–Trinajstić information content (AvgIpc) is 2.88. The van der Waals surface area contributed by atoms with Crippen molar-refractivity contribution in [3.8, 4) is 5.75 Å². The van der Waals surface area contributed by atoms with Crippen molar-refractivity contribution in [3.05, 3.63) is 111 Å². The molecule has 0 radical (unpaired) electrons. The van der Waals surface area contributed by atoms with E-state index in [0.29, 0.717) is 23.1 Å². The van der Waals surface area contributed by atoms with Gasteiger partial charge in [-0.05, 0) is 63.4 Å². The van der Waals surface area contributed by atoms with Crippen LogP contribution in [0.2, 0.25) is 0 Å². The van der Waals surface area contributed by atoms with E-state index in [1.165, 1.54) is 0 Å². The van der Waals surface area contributed by atoms with Gasteiger partial charge in [-0.2, -0.15) is 0 Å². The van der Waals surface area contributed by atoms with Crippen LogP contribution in [-0.4, -0.2) is 23.7 Å². The summed E-state index contributed by atoms with van der Waals surface area (Å²) in [6.07, 6.45) is -0.0518. The van der Waals surface area contributed by atoms with Gasteiger partial charge >= 0.3 is 17.7 Å². The van der Waals surface area contributed by atoms with Gasteiger partial charge < -0.3 is 19.2 Å². The molecule has 7 nitrogen and oxygen atoms in total. The number of fused-ring (bicyclic) bond motifs is 1. The molecule has 39 heavy (non-hydrogen) atoms. The van der Waals surface area contributed by atoms with Crippen molar-refractivity contribution in [1.82, 2.24) is 5.32 Å². The number of carbonyl (C=O) groups excluding carboxylic acids is 2. The summed E-state index contributed by atoms with van der Waals surface area (Å²) < 4.78 is 16.9. The number of hydrogen-bond acceptors (Lipinski definition) is 6. The van der Waals surface area contributed by atoms with Gasteiger partial charge in [0.05, 0.1) is 0 Å². The third-order valence-electron chi connectivity index (χ3n) is 6.35. The van der Waals surface area contributed by atoms with Crippen molar-refractivity contribution in [2.75, 3.05) is 0 Å². The normalized spacial score (nSPS) is 12.1. The lowest BCUT2D eigenvalue weighted by Gasteiger charge is -2.23. The fourth-order valence-corrected chi connectivity index (χ4v) is 4.36. The van der Waals surface area contributed by atoms with Crippen LogP contribution in [-0.2, 0) is 22.4 Å². The van der Waals surface area contributed by atoms with Gasteiger partial charge in [0.2, 0.25) is 0 Å². The SMILES string of the molecule is Cc1c(Cc2ccccc2)c(=O)oc2c(C)c(OC(=O)C(Cc3ccccc3)NC(=O)OC(C)(C)C)ccc12. The average molecular weight is 528 g/mol. The van der Waals surface area contributed by atoms with E-state index in [1.807, 2.05) is 67.6 Å². The van der Waals surface area contributed by atoms with E-state index in [0.717, 1.165) is 22.1 Å². The highest BCUT2D eigenvalue weighted by molar-refractivity contribution is 5.88. The Morgan fingerprint density at radius 1 is 0.872 bits per heavy atom. The van der Waals surface area contributed by atoms with Gasteiger partial charge in [-0.3, -0.25) is 0 Å². The van der Waals surface area contributed by atoms with Crippen molar-refractivity contribution in [2.45, 2.75) is 59.1 Å². The monoisotopic (exact) mass is 527 g/mol. The first-order valence-electron chi connectivity index (χ1n) is 12.9. The summed E-state index contributed by atoms with van der Waals surface area (Å²) in [5.74, 6) is -0.415. The zero-order valence-corrected chi connectivity index (χ0v) is 22.9. The minimum Gasteiger partial charge on any atom is -0.444 e. The Balaban J connectivity index is 1.61. The summed E-state index contributed by atoms with van der Waals surface area (Å²) in [6.45, 7) is 8.87. The summed E-state index contributed by atoms with van der Waals surface area (Å²) in [5, 5.41) is 3.41. The second-order valence-corrected chi connectivity index (χ2v) is 10.5. The topological polar surface area (TPSA) is 94.8 Å². The number of benzene rings is 3. The highest BCUT2D eigenvalue weighted by Gasteiger charge is 2.27. The van der Waals surface area contributed by atoms with Gasteiger partial charge in [0.15, 0.2) is 0 Å². The molecular formula is C32H33NO6. The maximum atomic E-state index is 13.3. The summed E-state index contributed by atoms with van der Waals surface area (Å²) in [7, 11) is 0. The number of hydrogen-bond donors (Lipinski definition) is 1. The van der Waals surface area contributed by atoms with Crippen LogP contribution in [0.4, 0.5) is 4.79 Å². The number of amides is 1. The first-order chi connectivity index (χ1) is 18.5. The van der Waals surface area contributed by atoms with Crippen LogP contribution in [0.15, 0.2) is 82.0 Å². The summed E-state index contributed by atoms with van der Waals surface area (Å²) in [5.41, 5.74) is 2.98. The number of carbonyl (C=O) groups is 2. The van der Waals surface area contributed by atoms with E-state index in [1.54, 1.807) is 39.8 Å². The van der Waals surface area contributed by atoms with Crippen LogP contribution in [0.25, 0.3) is 11.0 Å². The van der Waals surface area contributed by atoms with Crippen molar-refractivity contribution < 1.29 is 23.5 Å². The molecule has 7 heteroatoms. The zero-order chi connectivity index (χ0) is 28.2. The van der Waals surface area contributed by atoms with Crippen molar-refractivity contribution >= 4 is 23.0 Å². The van der Waals surface area contributed by atoms with Gasteiger partial charge in [0, 0.05) is 29.4 Å². The van der Waals surface area contributed by atoms with Crippen molar-refractivity contribution in [3.63, 3.8) is 0 Å². The van der Waals surface area contributed by atoms with E-state index in [4.69, 9.17) is 13.9 Å². The molecule has 1 atom stereocenters. The van der Waals surface area contributed by atoms with Gasteiger partial charge in [-0.15, -0.1) is 0 Å². The molecule has 1 aromatic heterocycles. The molecule has 0 bridgehead atoms. The fourth-order valence-electron chi connectivity index (χ4n) is 4.36. The Hall–Kier alpha value is -4.39. The lowest BCUT2D eigenvalue weighted by Crippen LogP contribution is -2.46. The van der Waals surface area contributed by atoms with E-state index < -0.39 is 29.3 Å². The highest BCUT2D eigenvalue weighted by Crippen LogP contribution is 2.30. The molecule has 1 N–H and O–H groups in total. The van der Waals surface area contributed by atoms with E-state index >= 15 is 0 Å². The van der Waals surface area contributed by atoms with Crippen LogP contribution in [0.1, 0.15) is 48.6 Å². The first-order valence-corrected chi connectivity index (χ1v) is 12.9. The van der Waals surface area contributed by atoms with Crippen LogP contribution >= 0.6 is 0 Å². The molecule has 4 rings (SSSR count). The molecular weight excluding hydrogens is 494 g/mol. The molecule has 0 aliphatic heterocycles. The predicted octanol–water partition coefficient (Wildman–Crippen LogP) is 6.04. The molecule has 0 saturated carbocycles. The van der Waals surface area contributed by atoms with Crippen LogP contribution < -0.4 is 15.7 Å². The van der Waals surface area contributed by atoms with Crippen molar-refractivity contribution in [2.24, 2.45) is 0 Å². The Bertz CT molecular complexity index is 1530. The van der Waals surface area contributed by atoms with Gasteiger partial charge in [-0.1, -0.05) is 60.7 Å². The minimum absolute atomic E-state index is 0.211. The lowest BCUT2D eigenvalue weighted by molar-refractivity contribution is -0.136. The van der Waals surface area contributed by atoms with Gasteiger partial charge in [-0.25, -0.2) is 14.4 Å². The second kappa shape index (κ2) is 11.6. The molecule has 0 fully saturated rings. The molecule has 202 valence electrons. The second-order valence-electron chi connectivity index (χ2n) is 10.5. The van der Waals surface area contributed by atoms with E-state index in [2.05, 4.69) is 5.32 Å². The molecule has 0 aliphatic carbocycles. The molecule has 3 aromatic carbocycles. The number of nitrogens with one attached hydrogen (secondary N) is 1. The summed E-state index contributed by atoms with van der Waals surface area (Å²) >= 11 is 0. The maximum absolute atomic E-state index is 13.3. The van der Waals surface area contributed by atoms with E-state index in [9.17, 15) is 14.4 Å². The predicted molar refractivity (Wildman–Crippen MR) is 150 cm³/mol. The fraction of sp³-hybridized carbons (Fsp3) is 0.281. The Morgan fingerprint density at radius 2 is 1.49 bits per heavy atom. The quantitative estimate of drug-likeness (QED) is 0.179. The number of ether oxygens (including phenoxy) is 2. The lowest BCUT2D eigenvalue weighted by atomic mass is 9.98. The van der Waals surface area contributed by atoms with Crippen LogP contribution in [0.3, 0.4) is 0 Å². The molecule has 1 heterocycles. The third kappa shape index (κ3) is 6.93. The zero-order valence-electron chi connectivity index (χ0n) is 22.9. The van der Waals surface area contributed by atoms with Crippen molar-refractivity contribution in [1.29, 1.82) is 0 Å². The Labute approximate surface area is 227 Å². The number of alkyl carbamates (subject to hydrolysis) is 1. The highest BCUT2D eigenvalue weighted by atomic mass is 16.6. The van der Waals surface area contributed by atoms with Crippen LogP contribution in [0.5, 0.6) is 5.75 Å². The van der Waals surface area contributed by atoms with Gasteiger partial charge in [0.25, 0.3) is 0 Å². The maximum Gasteiger partial charge on any atom is 0.408 e. The molecule has 1 unspecified atom stereocenters. The smallest absolute Gasteiger partial charge is 0.408 e. The third-order valence-corrected chi connectivity index (χ3v) is 6.35.